The largest absolute Gasteiger partial charge is 0.317 e. The first-order valence-corrected chi connectivity index (χ1v) is 8.86. The van der Waals surface area contributed by atoms with Crippen molar-refractivity contribution in [3.05, 3.63) is 35.4 Å². The van der Waals surface area contributed by atoms with Gasteiger partial charge in [-0.1, -0.05) is 51.0 Å². The Balaban J connectivity index is 2.02. The van der Waals surface area contributed by atoms with Crippen molar-refractivity contribution in [1.29, 1.82) is 0 Å². The molecule has 2 nitrogen and oxygen atoms in total. The van der Waals surface area contributed by atoms with Crippen molar-refractivity contribution in [1.82, 2.24) is 10.2 Å². The summed E-state index contributed by atoms with van der Waals surface area (Å²) in [4.78, 5) is 2.74. The molecule has 1 aliphatic heterocycles. The number of rotatable bonds is 7. The van der Waals surface area contributed by atoms with Crippen LogP contribution in [0.25, 0.3) is 0 Å². The third-order valence-corrected chi connectivity index (χ3v) is 4.78. The van der Waals surface area contributed by atoms with Crippen LogP contribution in [0.4, 0.5) is 0 Å². The maximum Gasteiger partial charge on any atom is 0.0239 e. The molecular weight excluding hydrogens is 256 g/mol. The molecule has 1 N–H and O–H groups in total. The molecule has 1 heterocycles. The molecular formula is C19H32N2. The number of benzene rings is 1. The number of nitrogens with zero attached hydrogens (tertiary/aromatic N) is 1. The van der Waals surface area contributed by atoms with Crippen molar-refractivity contribution in [3.63, 3.8) is 0 Å². The molecule has 118 valence electrons. The molecule has 1 fully saturated rings. The highest BCUT2D eigenvalue weighted by Gasteiger charge is 2.20. The van der Waals surface area contributed by atoms with E-state index < -0.39 is 0 Å². The predicted molar refractivity (Wildman–Crippen MR) is 91.6 cm³/mol. The summed E-state index contributed by atoms with van der Waals surface area (Å²) in [6.07, 6.45) is 8.02. The fraction of sp³-hybridized carbons (Fsp3) is 0.684. The zero-order valence-corrected chi connectivity index (χ0v) is 13.9. The molecule has 1 aromatic carbocycles. The van der Waals surface area contributed by atoms with Gasteiger partial charge in [0.25, 0.3) is 0 Å². The number of hydrogen-bond donors (Lipinski definition) is 1. The smallest absolute Gasteiger partial charge is 0.0239 e. The number of nitrogens with one attached hydrogen (secondary N) is 1. The Bertz CT molecular complexity index is 402. The molecule has 2 rings (SSSR count). The molecule has 0 spiro atoms. The highest BCUT2D eigenvalue weighted by atomic mass is 15.2. The van der Waals surface area contributed by atoms with Gasteiger partial charge in [0.05, 0.1) is 0 Å². The third kappa shape index (κ3) is 5.12. The molecule has 21 heavy (non-hydrogen) atoms. The van der Waals surface area contributed by atoms with Gasteiger partial charge in [-0.3, -0.25) is 4.90 Å². The lowest BCUT2D eigenvalue weighted by Gasteiger charge is -2.30. The summed E-state index contributed by atoms with van der Waals surface area (Å²) < 4.78 is 0. The summed E-state index contributed by atoms with van der Waals surface area (Å²) >= 11 is 0. The predicted octanol–water partition coefficient (Wildman–Crippen LogP) is 3.99. The lowest BCUT2D eigenvalue weighted by atomic mass is 10.0. The molecule has 0 bridgehead atoms. The van der Waals surface area contributed by atoms with Crippen molar-refractivity contribution in [2.45, 2.75) is 65.0 Å². The lowest BCUT2D eigenvalue weighted by Crippen LogP contribution is -2.34. The first-order chi connectivity index (χ1) is 10.3. The quantitative estimate of drug-likeness (QED) is 0.763. The molecule has 0 radical (unpaired) electrons. The third-order valence-electron chi connectivity index (χ3n) is 4.78. The standard InChI is InChI=1S/C19H32N2/c1-3-19-12-6-5-9-15-21(19)16-18-11-8-7-10-17(18)13-14-20-4-2/h7-8,10-11,19-20H,3-6,9,12-16H2,1-2H3. The van der Waals surface area contributed by atoms with Crippen LogP contribution in [-0.4, -0.2) is 30.6 Å². The minimum atomic E-state index is 0.786. The zero-order chi connectivity index (χ0) is 14.9. The SMILES string of the molecule is CCNCCc1ccccc1CN1CCCCCC1CC. The van der Waals surface area contributed by atoms with Gasteiger partial charge in [-0.15, -0.1) is 0 Å². The Hall–Kier alpha value is -0.860. The van der Waals surface area contributed by atoms with Gasteiger partial charge in [0, 0.05) is 12.6 Å². The van der Waals surface area contributed by atoms with E-state index in [0.717, 1.165) is 32.1 Å². The molecule has 1 saturated heterocycles. The number of hydrogen-bond acceptors (Lipinski definition) is 2. The van der Waals surface area contributed by atoms with Crippen LogP contribution < -0.4 is 5.32 Å². The Kier molecular flexibility index (Phi) is 7.25. The van der Waals surface area contributed by atoms with E-state index in [9.17, 15) is 0 Å². The summed E-state index contributed by atoms with van der Waals surface area (Å²) in [5.41, 5.74) is 3.06. The van der Waals surface area contributed by atoms with E-state index >= 15 is 0 Å². The van der Waals surface area contributed by atoms with E-state index in [0.29, 0.717) is 0 Å². The molecule has 1 unspecified atom stereocenters. The second-order valence-electron chi connectivity index (χ2n) is 6.25. The summed E-state index contributed by atoms with van der Waals surface area (Å²) in [7, 11) is 0. The van der Waals surface area contributed by atoms with Crippen LogP contribution in [0.5, 0.6) is 0 Å². The fourth-order valence-electron chi connectivity index (χ4n) is 3.48. The second-order valence-corrected chi connectivity index (χ2v) is 6.25. The van der Waals surface area contributed by atoms with Crippen LogP contribution >= 0.6 is 0 Å². The van der Waals surface area contributed by atoms with Crippen molar-refractivity contribution < 1.29 is 0 Å². The maximum absolute atomic E-state index is 3.44. The molecule has 0 amide bonds. The molecule has 0 aliphatic carbocycles. The van der Waals surface area contributed by atoms with E-state index in [4.69, 9.17) is 0 Å². The first kappa shape index (κ1) is 16.5. The monoisotopic (exact) mass is 288 g/mol. The van der Waals surface area contributed by atoms with Gasteiger partial charge in [0.1, 0.15) is 0 Å². The van der Waals surface area contributed by atoms with Gasteiger partial charge >= 0.3 is 0 Å². The van der Waals surface area contributed by atoms with E-state index in [1.807, 2.05) is 0 Å². The van der Waals surface area contributed by atoms with Crippen LogP contribution in [0, 0.1) is 0 Å². The van der Waals surface area contributed by atoms with E-state index in [1.165, 1.54) is 49.8 Å². The summed E-state index contributed by atoms with van der Waals surface area (Å²) in [5.74, 6) is 0. The van der Waals surface area contributed by atoms with E-state index in [2.05, 4.69) is 48.3 Å². The lowest BCUT2D eigenvalue weighted by molar-refractivity contribution is 0.185. The highest BCUT2D eigenvalue weighted by molar-refractivity contribution is 5.27. The molecule has 1 aromatic rings. The summed E-state index contributed by atoms with van der Waals surface area (Å²) in [6, 6.07) is 9.81. The minimum Gasteiger partial charge on any atom is -0.317 e. The summed E-state index contributed by atoms with van der Waals surface area (Å²) in [6.45, 7) is 9.09. The van der Waals surface area contributed by atoms with Gasteiger partial charge in [-0.2, -0.15) is 0 Å². The van der Waals surface area contributed by atoms with E-state index in [1.54, 1.807) is 0 Å². The topological polar surface area (TPSA) is 15.3 Å². The van der Waals surface area contributed by atoms with Crippen LogP contribution in [0.1, 0.15) is 57.1 Å². The minimum absolute atomic E-state index is 0.786. The van der Waals surface area contributed by atoms with Crippen molar-refractivity contribution in [3.8, 4) is 0 Å². The molecule has 1 aliphatic rings. The Morgan fingerprint density at radius 3 is 2.67 bits per heavy atom. The maximum atomic E-state index is 3.44. The van der Waals surface area contributed by atoms with Gasteiger partial charge < -0.3 is 5.32 Å². The summed E-state index contributed by atoms with van der Waals surface area (Å²) in [5, 5.41) is 3.44. The fourth-order valence-corrected chi connectivity index (χ4v) is 3.48. The zero-order valence-electron chi connectivity index (χ0n) is 13.9. The number of likely N-dealkylation sites (N-methyl/N-ethyl adjacent to an activating group) is 1. The molecule has 2 heteroatoms. The van der Waals surface area contributed by atoms with Crippen LogP contribution in [-0.2, 0) is 13.0 Å². The van der Waals surface area contributed by atoms with Crippen molar-refractivity contribution in [2.75, 3.05) is 19.6 Å². The van der Waals surface area contributed by atoms with E-state index in [-0.39, 0.29) is 0 Å². The Labute approximate surface area is 130 Å². The highest BCUT2D eigenvalue weighted by Crippen LogP contribution is 2.22. The second kappa shape index (κ2) is 9.22. The molecule has 0 saturated carbocycles. The molecule has 0 aromatic heterocycles. The Morgan fingerprint density at radius 2 is 1.90 bits per heavy atom. The first-order valence-electron chi connectivity index (χ1n) is 8.86. The van der Waals surface area contributed by atoms with Crippen molar-refractivity contribution in [2.24, 2.45) is 0 Å². The van der Waals surface area contributed by atoms with Gasteiger partial charge in [0.15, 0.2) is 0 Å². The van der Waals surface area contributed by atoms with Crippen LogP contribution in [0.15, 0.2) is 24.3 Å². The number of likely N-dealkylation sites (tertiary alicyclic amines) is 1. The Morgan fingerprint density at radius 1 is 1.10 bits per heavy atom. The molecule has 1 atom stereocenters. The van der Waals surface area contributed by atoms with Gasteiger partial charge in [-0.25, -0.2) is 0 Å². The average molecular weight is 288 g/mol. The average Bonchev–Trinajstić information content (AvgIpc) is 2.74. The van der Waals surface area contributed by atoms with Crippen LogP contribution in [0.3, 0.4) is 0 Å². The van der Waals surface area contributed by atoms with Gasteiger partial charge in [-0.05, 0) is 56.4 Å². The van der Waals surface area contributed by atoms with Gasteiger partial charge in [0.2, 0.25) is 0 Å². The normalized spacial score (nSPS) is 20.4. The van der Waals surface area contributed by atoms with Crippen molar-refractivity contribution >= 4 is 0 Å². The van der Waals surface area contributed by atoms with Crippen LogP contribution in [0.2, 0.25) is 0 Å².